The van der Waals surface area contributed by atoms with Gasteiger partial charge in [-0.2, -0.15) is 50.5 Å². The summed E-state index contributed by atoms with van der Waals surface area (Å²) in [6.07, 6.45) is 0. The molecule has 0 aromatic heterocycles. The summed E-state index contributed by atoms with van der Waals surface area (Å²) in [6, 6.07) is 40.8. The fourth-order valence-corrected chi connectivity index (χ4v) is 12.6. The molecule has 80 heavy (non-hydrogen) atoms. The standard InChI is InChI=1S/C54H44N2O18S6/c1-37-15-25-45(26-16-37)75(57,58)69-43-23-33-49(71-77(61,62)47-29-19-39(3)20-30-47)51(35-43)79(65,66)73-55-53(41-11-7-5-8-12-41)54(42-13-9-6-10-14-42)56-74-80(67,68)52-36-44(70-76(59,60)46-27-17-38(2)18-28-46)24-34-50(52)72-78(63,64)48-31-21-40(4)22-32-48/h5-36H,1-4H3/b55-53+,56-54+. The molecule has 0 bridgehead atoms. The van der Waals surface area contributed by atoms with E-state index in [1.165, 1.54) is 146 Å². The first-order chi connectivity index (χ1) is 37.7. The second kappa shape index (κ2) is 23.1. The summed E-state index contributed by atoms with van der Waals surface area (Å²) in [5.74, 6) is -3.12. The van der Waals surface area contributed by atoms with E-state index in [9.17, 15) is 50.5 Å². The van der Waals surface area contributed by atoms with Gasteiger partial charge in [-0.1, -0.05) is 142 Å². The molecule has 0 aliphatic carbocycles. The molecule has 20 nitrogen and oxygen atoms in total. The van der Waals surface area contributed by atoms with Crippen LogP contribution in [0.1, 0.15) is 33.4 Å². The predicted molar refractivity (Wildman–Crippen MR) is 291 cm³/mol. The Morgan fingerprint density at radius 3 is 0.838 bits per heavy atom. The maximum atomic E-state index is 14.6. The van der Waals surface area contributed by atoms with Gasteiger partial charge in [-0.15, -0.1) is 0 Å². The molecule has 0 saturated carbocycles. The Kier molecular flexibility index (Phi) is 16.7. The molecule has 0 spiro atoms. The predicted octanol–water partition coefficient (Wildman–Crippen LogP) is 8.91. The number of nitrogens with zero attached hydrogens (tertiary/aromatic N) is 2. The maximum Gasteiger partial charge on any atom is 0.362 e. The summed E-state index contributed by atoms with van der Waals surface area (Å²) in [6.45, 7) is 6.81. The number of benzene rings is 8. The lowest BCUT2D eigenvalue weighted by molar-refractivity contribution is 0.332. The van der Waals surface area contributed by atoms with Crippen LogP contribution in [0.3, 0.4) is 0 Å². The van der Waals surface area contributed by atoms with Gasteiger partial charge in [0.25, 0.3) is 0 Å². The van der Waals surface area contributed by atoms with Crippen LogP contribution in [-0.2, 0) is 69.3 Å². The molecule has 0 fully saturated rings. The van der Waals surface area contributed by atoms with Crippen molar-refractivity contribution in [3.63, 3.8) is 0 Å². The van der Waals surface area contributed by atoms with E-state index in [0.29, 0.717) is 34.4 Å². The van der Waals surface area contributed by atoms with Crippen molar-refractivity contribution in [2.75, 3.05) is 0 Å². The number of hydrogen-bond donors (Lipinski definition) is 0. The molecule has 0 unspecified atom stereocenters. The molecule has 0 radical (unpaired) electrons. The average Bonchev–Trinajstić information content (AvgIpc) is 3.46. The Morgan fingerprint density at radius 2 is 0.562 bits per heavy atom. The van der Waals surface area contributed by atoms with Gasteiger partial charge in [-0.05, 0) is 100 Å². The molecular formula is C54H44N2O18S6. The molecule has 0 heterocycles. The molecular weight excluding hydrogens is 1160 g/mol. The number of oxime groups is 2. The van der Waals surface area contributed by atoms with Crippen molar-refractivity contribution < 1.29 is 75.8 Å². The maximum absolute atomic E-state index is 14.6. The summed E-state index contributed by atoms with van der Waals surface area (Å²) in [4.78, 5) is -3.67. The van der Waals surface area contributed by atoms with Gasteiger partial charge in [-0.25, -0.2) is 0 Å². The third-order valence-electron chi connectivity index (χ3n) is 11.2. The smallest absolute Gasteiger partial charge is 0.362 e. The van der Waals surface area contributed by atoms with Gasteiger partial charge in [0.2, 0.25) is 0 Å². The Hall–Kier alpha value is -8.40. The highest BCUT2D eigenvalue weighted by molar-refractivity contribution is 7.89. The normalized spacial score (nSPS) is 12.8. The average molecular weight is 1200 g/mol. The van der Waals surface area contributed by atoms with Gasteiger partial charge in [0, 0.05) is 23.3 Å². The van der Waals surface area contributed by atoms with Gasteiger partial charge in [-0.3, -0.25) is 8.57 Å². The lowest BCUT2D eigenvalue weighted by Gasteiger charge is -2.15. The highest BCUT2D eigenvalue weighted by Gasteiger charge is 2.32. The van der Waals surface area contributed by atoms with Crippen molar-refractivity contribution in [2.24, 2.45) is 10.3 Å². The summed E-state index contributed by atoms with van der Waals surface area (Å²) in [7, 11) is -29.9. The minimum absolute atomic E-state index is 0.0177. The second-order valence-electron chi connectivity index (χ2n) is 17.3. The van der Waals surface area contributed by atoms with Gasteiger partial charge >= 0.3 is 60.7 Å². The Labute approximate surface area is 462 Å². The highest BCUT2D eigenvalue weighted by Crippen LogP contribution is 2.36. The molecule has 0 amide bonds. The van der Waals surface area contributed by atoms with Gasteiger partial charge < -0.3 is 16.7 Å². The SMILES string of the molecule is Cc1ccc(S(=O)(=O)Oc2ccc(OS(=O)(=O)c3ccc(C)cc3)c(S(=O)(=O)O/N=C(/C(=N/OS(=O)(=O)c3cc(OS(=O)(=O)c4ccc(C)cc4)ccc3OS(=O)(=O)c3ccc(C)cc3)c3ccccc3)c3ccccc3)c2)cc1. The van der Waals surface area contributed by atoms with E-state index >= 15 is 0 Å². The van der Waals surface area contributed by atoms with E-state index in [-0.39, 0.29) is 20.9 Å². The zero-order valence-electron chi connectivity index (χ0n) is 42.2. The van der Waals surface area contributed by atoms with Gasteiger partial charge in [0.15, 0.2) is 21.3 Å². The first kappa shape index (κ1) is 57.8. The Bertz CT molecular complexity index is 4090. The summed E-state index contributed by atoms with van der Waals surface area (Å²) < 4.78 is 198. The van der Waals surface area contributed by atoms with Crippen LogP contribution >= 0.6 is 0 Å². The van der Waals surface area contributed by atoms with Crippen molar-refractivity contribution >= 4 is 72.1 Å². The van der Waals surface area contributed by atoms with E-state index < -0.39 is 115 Å². The minimum Gasteiger partial charge on any atom is -0.379 e. The fourth-order valence-electron chi connectivity index (χ4n) is 7.02. The van der Waals surface area contributed by atoms with Crippen molar-refractivity contribution in [3.05, 3.63) is 228 Å². The largest absolute Gasteiger partial charge is 0.379 e. The fraction of sp³-hybridized carbons (Fsp3) is 0.0741. The molecule has 414 valence electrons. The monoisotopic (exact) mass is 1200 g/mol. The quantitative estimate of drug-likeness (QED) is 0.0368. The molecule has 0 aliphatic heterocycles. The molecule has 0 aliphatic rings. The first-order valence-electron chi connectivity index (χ1n) is 23.2. The molecule has 0 atom stereocenters. The van der Waals surface area contributed by atoms with Gasteiger partial charge in [0.1, 0.15) is 42.5 Å². The van der Waals surface area contributed by atoms with Crippen molar-refractivity contribution in [1.29, 1.82) is 0 Å². The van der Waals surface area contributed by atoms with Gasteiger partial charge in [0.05, 0.1) is 0 Å². The number of rotatable bonds is 21. The Morgan fingerprint density at radius 1 is 0.300 bits per heavy atom. The van der Waals surface area contributed by atoms with Crippen molar-refractivity contribution in [2.45, 2.75) is 57.1 Å². The summed E-state index contributed by atoms with van der Waals surface area (Å²) in [5.41, 5.74) is 1.58. The van der Waals surface area contributed by atoms with Crippen LogP contribution in [0.5, 0.6) is 23.0 Å². The second-order valence-corrected chi connectivity index (χ2v) is 26.5. The van der Waals surface area contributed by atoms with Crippen molar-refractivity contribution in [1.82, 2.24) is 0 Å². The van der Waals surface area contributed by atoms with E-state index in [1.807, 2.05) is 0 Å². The molecule has 8 aromatic rings. The Balaban J connectivity index is 1.24. The van der Waals surface area contributed by atoms with Crippen LogP contribution < -0.4 is 16.7 Å². The van der Waals surface area contributed by atoms with Crippen LogP contribution in [0.4, 0.5) is 0 Å². The first-order valence-corrected chi connectivity index (χ1v) is 31.6. The number of hydrogen-bond acceptors (Lipinski definition) is 20. The molecule has 0 N–H and O–H groups in total. The highest BCUT2D eigenvalue weighted by atomic mass is 32.2. The van der Waals surface area contributed by atoms with Crippen LogP contribution in [0, 0.1) is 27.7 Å². The van der Waals surface area contributed by atoms with E-state index in [0.717, 1.165) is 24.3 Å². The number of aryl methyl sites for hydroxylation is 4. The van der Waals surface area contributed by atoms with E-state index in [1.54, 1.807) is 39.8 Å². The summed E-state index contributed by atoms with van der Waals surface area (Å²) in [5, 5.41) is 7.84. The van der Waals surface area contributed by atoms with E-state index in [4.69, 9.17) is 25.3 Å². The topological polar surface area (TPSA) is 285 Å². The van der Waals surface area contributed by atoms with Crippen LogP contribution in [-0.4, -0.2) is 61.9 Å². The third-order valence-corrected chi connectivity index (χ3v) is 18.5. The van der Waals surface area contributed by atoms with Crippen LogP contribution in [0.15, 0.2) is 234 Å². The molecule has 8 aromatic carbocycles. The molecule has 8 rings (SSSR count). The van der Waals surface area contributed by atoms with Crippen molar-refractivity contribution in [3.8, 4) is 23.0 Å². The zero-order chi connectivity index (χ0) is 57.7. The lowest BCUT2D eigenvalue weighted by Crippen LogP contribution is -2.21. The van der Waals surface area contributed by atoms with Crippen LogP contribution in [0.25, 0.3) is 0 Å². The summed E-state index contributed by atoms with van der Waals surface area (Å²) >= 11 is 0. The third kappa shape index (κ3) is 13.9. The minimum atomic E-state index is -5.50. The van der Waals surface area contributed by atoms with Crippen LogP contribution in [0.2, 0.25) is 0 Å². The zero-order valence-corrected chi connectivity index (χ0v) is 47.1. The lowest BCUT2D eigenvalue weighted by atomic mass is 10.0. The molecule has 26 heteroatoms. The van der Waals surface area contributed by atoms with E-state index in [2.05, 4.69) is 10.3 Å². The molecule has 0 saturated heterocycles.